The number of benzene rings is 2. The topological polar surface area (TPSA) is 72.5 Å². The van der Waals surface area contributed by atoms with Crippen LogP contribution < -0.4 is 10.1 Å². The summed E-state index contributed by atoms with van der Waals surface area (Å²) >= 11 is 0. The molecule has 128 valence electrons. The van der Waals surface area contributed by atoms with Crippen molar-refractivity contribution in [1.29, 1.82) is 0 Å². The van der Waals surface area contributed by atoms with Crippen molar-refractivity contribution in [3.05, 3.63) is 59.7 Å². The Balaban J connectivity index is 1.88. The Morgan fingerprint density at radius 2 is 1.67 bits per heavy atom. The number of sulfone groups is 1. The maximum Gasteiger partial charge on any atom is 0.251 e. The van der Waals surface area contributed by atoms with Crippen LogP contribution in [0.3, 0.4) is 0 Å². The van der Waals surface area contributed by atoms with Crippen LogP contribution in [0.5, 0.6) is 5.75 Å². The lowest BCUT2D eigenvalue weighted by Crippen LogP contribution is -2.25. The molecule has 0 fully saturated rings. The highest BCUT2D eigenvalue weighted by Crippen LogP contribution is 2.13. The second-order valence-electron chi connectivity index (χ2n) is 5.28. The van der Waals surface area contributed by atoms with Crippen molar-refractivity contribution in [3.8, 4) is 5.75 Å². The van der Waals surface area contributed by atoms with E-state index < -0.39 is 9.84 Å². The molecule has 2 aromatic rings. The molecule has 0 heterocycles. The van der Waals surface area contributed by atoms with E-state index in [1.807, 2.05) is 0 Å². The Hall–Kier alpha value is -2.34. The van der Waals surface area contributed by atoms with E-state index in [0.29, 0.717) is 29.2 Å². The van der Waals surface area contributed by atoms with Gasteiger partial charge in [0.1, 0.15) is 5.75 Å². The number of ether oxygens (including phenoxy) is 1. The first-order chi connectivity index (χ1) is 11.5. The molecule has 2 rings (SSSR count). The monoisotopic (exact) mass is 347 g/mol. The maximum absolute atomic E-state index is 12.0. The molecule has 0 unspecified atom stereocenters. The molecule has 0 aliphatic heterocycles. The largest absolute Gasteiger partial charge is 0.497 e. The third-order valence-electron chi connectivity index (χ3n) is 3.71. The zero-order chi connectivity index (χ0) is 17.6. The number of carbonyl (C=O) groups is 1. The molecule has 0 aromatic heterocycles. The lowest BCUT2D eigenvalue weighted by atomic mass is 10.1. The smallest absolute Gasteiger partial charge is 0.251 e. The van der Waals surface area contributed by atoms with E-state index in [4.69, 9.17) is 4.74 Å². The fraction of sp³-hybridized carbons (Fsp3) is 0.278. The van der Waals surface area contributed by atoms with Crippen molar-refractivity contribution in [1.82, 2.24) is 5.32 Å². The molecule has 1 N–H and O–H groups in total. The number of hydrogen-bond donors (Lipinski definition) is 1. The third-order valence-corrected chi connectivity index (χ3v) is 5.46. The average molecular weight is 347 g/mol. The van der Waals surface area contributed by atoms with Gasteiger partial charge in [-0.25, -0.2) is 8.42 Å². The van der Waals surface area contributed by atoms with Crippen LogP contribution in [0, 0.1) is 0 Å². The summed E-state index contributed by atoms with van der Waals surface area (Å²) in [6, 6.07) is 13.7. The second-order valence-corrected chi connectivity index (χ2v) is 7.56. The van der Waals surface area contributed by atoms with Crippen LogP contribution in [0.25, 0.3) is 0 Å². The molecule has 24 heavy (non-hydrogen) atoms. The molecule has 0 saturated heterocycles. The van der Waals surface area contributed by atoms with Crippen LogP contribution in [0.15, 0.2) is 53.4 Å². The molecule has 0 bridgehead atoms. The quantitative estimate of drug-likeness (QED) is 0.835. The molecular formula is C18H21NO4S. The summed E-state index contributed by atoms with van der Waals surface area (Å²) in [4.78, 5) is 12.4. The van der Waals surface area contributed by atoms with Gasteiger partial charge >= 0.3 is 0 Å². The van der Waals surface area contributed by atoms with Crippen molar-refractivity contribution in [2.75, 3.05) is 19.4 Å². The van der Waals surface area contributed by atoms with Gasteiger partial charge in [-0.2, -0.15) is 0 Å². The van der Waals surface area contributed by atoms with Gasteiger partial charge in [0.15, 0.2) is 9.84 Å². The summed E-state index contributed by atoms with van der Waals surface area (Å²) < 4.78 is 28.6. The summed E-state index contributed by atoms with van der Waals surface area (Å²) in [5.41, 5.74) is 1.54. The molecule has 0 spiro atoms. The summed E-state index contributed by atoms with van der Waals surface area (Å²) in [5.74, 6) is 0.640. The highest BCUT2D eigenvalue weighted by Gasteiger charge is 2.11. The predicted octanol–water partition coefficient (Wildman–Crippen LogP) is 2.46. The lowest BCUT2D eigenvalue weighted by molar-refractivity contribution is 0.0954. The number of amides is 1. The molecule has 1 amide bonds. The van der Waals surface area contributed by atoms with Gasteiger partial charge in [-0.1, -0.05) is 19.1 Å². The van der Waals surface area contributed by atoms with E-state index in [0.717, 1.165) is 5.56 Å². The highest BCUT2D eigenvalue weighted by atomic mass is 32.2. The van der Waals surface area contributed by atoms with Gasteiger partial charge in [0.2, 0.25) is 0 Å². The van der Waals surface area contributed by atoms with Gasteiger partial charge in [-0.3, -0.25) is 4.79 Å². The van der Waals surface area contributed by atoms with Crippen molar-refractivity contribution in [2.24, 2.45) is 0 Å². The second kappa shape index (κ2) is 7.97. The molecule has 5 nitrogen and oxygen atoms in total. The summed E-state index contributed by atoms with van der Waals surface area (Å²) in [6.07, 6.45) is 0.633. The number of hydrogen-bond acceptors (Lipinski definition) is 4. The number of carbonyl (C=O) groups excluding carboxylic acids is 1. The highest BCUT2D eigenvalue weighted by molar-refractivity contribution is 7.91. The molecule has 0 aliphatic rings. The molecular weight excluding hydrogens is 326 g/mol. The lowest BCUT2D eigenvalue weighted by Gasteiger charge is -2.07. The molecule has 0 saturated carbocycles. The Labute approximate surface area is 142 Å². The first kappa shape index (κ1) is 18.0. The molecule has 6 heteroatoms. The van der Waals surface area contributed by atoms with Gasteiger partial charge in [0.25, 0.3) is 5.91 Å². The zero-order valence-corrected chi connectivity index (χ0v) is 14.6. The minimum Gasteiger partial charge on any atom is -0.497 e. The van der Waals surface area contributed by atoms with Crippen molar-refractivity contribution >= 4 is 15.7 Å². The minimum atomic E-state index is -3.17. The van der Waals surface area contributed by atoms with Gasteiger partial charge in [0.05, 0.1) is 17.8 Å². The molecule has 0 atom stereocenters. The van der Waals surface area contributed by atoms with E-state index in [9.17, 15) is 13.2 Å². The van der Waals surface area contributed by atoms with Gasteiger partial charge in [-0.15, -0.1) is 0 Å². The number of methoxy groups -OCH3 is 1. The molecule has 2 aromatic carbocycles. The van der Waals surface area contributed by atoms with Crippen LogP contribution in [-0.4, -0.2) is 33.7 Å². The fourth-order valence-corrected chi connectivity index (χ4v) is 3.08. The molecule has 0 radical (unpaired) electrons. The van der Waals surface area contributed by atoms with E-state index in [-0.39, 0.29) is 11.7 Å². The maximum atomic E-state index is 12.0. The van der Waals surface area contributed by atoms with Crippen LogP contribution in [0.1, 0.15) is 22.8 Å². The van der Waals surface area contributed by atoms with Crippen LogP contribution in [0.4, 0.5) is 0 Å². The Morgan fingerprint density at radius 1 is 1.04 bits per heavy atom. The Kier molecular flexibility index (Phi) is 5.98. The Bertz CT molecular complexity index is 781. The van der Waals surface area contributed by atoms with Crippen molar-refractivity contribution < 1.29 is 17.9 Å². The molecule has 0 aliphatic carbocycles. The van der Waals surface area contributed by atoms with Crippen LogP contribution in [0.2, 0.25) is 0 Å². The predicted molar refractivity (Wildman–Crippen MR) is 93.2 cm³/mol. The summed E-state index contributed by atoms with van der Waals surface area (Å²) in [5, 5.41) is 2.84. The van der Waals surface area contributed by atoms with E-state index in [2.05, 4.69) is 5.32 Å². The number of nitrogens with one attached hydrogen (secondary N) is 1. The first-order valence-electron chi connectivity index (χ1n) is 7.70. The van der Waals surface area contributed by atoms with E-state index in [1.54, 1.807) is 62.6 Å². The van der Waals surface area contributed by atoms with E-state index >= 15 is 0 Å². The van der Waals surface area contributed by atoms with Crippen molar-refractivity contribution in [2.45, 2.75) is 18.2 Å². The van der Waals surface area contributed by atoms with Gasteiger partial charge < -0.3 is 10.1 Å². The zero-order valence-electron chi connectivity index (χ0n) is 13.8. The van der Waals surface area contributed by atoms with Crippen LogP contribution >= 0.6 is 0 Å². The first-order valence-corrected chi connectivity index (χ1v) is 9.35. The van der Waals surface area contributed by atoms with Gasteiger partial charge in [0, 0.05) is 12.1 Å². The number of rotatable bonds is 7. The van der Waals surface area contributed by atoms with Gasteiger partial charge in [-0.05, 0) is 48.4 Å². The summed E-state index contributed by atoms with van der Waals surface area (Å²) in [7, 11) is -1.60. The standard InChI is InChI=1S/C18H21NO4S/c1-3-24(21,22)17-10-4-14(5-11-17)12-13-19-18(20)15-6-8-16(23-2)9-7-15/h4-11H,3,12-13H2,1-2H3,(H,19,20). The van der Waals surface area contributed by atoms with Crippen molar-refractivity contribution in [3.63, 3.8) is 0 Å². The van der Waals surface area contributed by atoms with E-state index in [1.165, 1.54) is 0 Å². The SMILES string of the molecule is CCS(=O)(=O)c1ccc(CCNC(=O)c2ccc(OC)cc2)cc1. The normalized spacial score (nSPS) is 11.1. The Morgan fingerprint density at radius 3 is 2.21 bits per heavy atom. The third kappa shape index (κ3) is 4.58. The summed E-state index contributed by atoms with van der Waals surface area (Å²) in [6.45, 7) is 2.10. The average Bonchev–Trinajstić information content (AvgIpc) is 2.62. The minimum absolute atomic E-state index is 0.0876. The fourth-order valence-electron chi connectivity index (χ4n) is 2.19. The van der Waals surface area contributed by atoms with Crippen LogP contribution in [-0.2, 0) is 16.3 Å².